The Labute approximate surface area is 174 Å². The summed E-state index contributed by atoms with van der Waals surface area (Å²) >= 11 is 0. The second kappa shape index (κ2) is 11.5. The molecule has 29 heavy (non-hydrogen) atoms. The average molecular weight is 391 g/mol. The quantitative estimate of drug-likeness (QED) is 0.317. The number of hydrogen-bond acceptors (Lipinski definition) is 2. The normalized spacial score (nSPS) is 11.2. The Morgan fingerprint density at radius 3 is 2.07 bits per heavy atom. The monoisotopic (exact) mass is 390 g/mol. The van der Waals surface area contributed by atoms with E-state index in [1.54, 1.807) is 10.9 Å². The van der Waals surface area contributed by atoms with E-state index in [9.17, 15) is 4.79 Å². The lowest BCUT2D eigenvalue weighted by atomic mass is 10.0. The zero-order valence-corrected chi connectivity index (χ0v) is 17.8. The van der Waals surface area contributed by atoms with Gasteiger partial charge in [-0.3, -0.25) is 9.36 Å². The van der Waals surface area contributed by atoms with Crippen LogP contribution in [0.25, 0.3) is 16.6 Å². The van der Waals surface area contributed by atoms with Gasteiger partial charge in [-0.15, -0.1) is 0 Å². The second-order valence-corrected chi connectivity index (χ2v) is 8.04. The van der Waals surface area contributed by atoms with Gasteiger partial charge in [-0.25, -0.2) is 4.98 Å². The second-order valence-electron chi connectivity index (χ2n) is 8.04. The fraction of sp³-hybridized carbons (Fsp3) is 0.462. The van der Waals surface area contributed by atoms with E-state index < -0.39 is 0 Å². The van der Waals surface area contributed by atoms with E-state index in [0.717, 1.165) is 17.6 Å². The summed E-state index contributed by atoms with van der Waals surface area (Å²) in [6.07, 6.45) is 16.4. The van der Waals surface area contributed by atoms with Crippen molar-refractivity contribution in [1.82, 2.24) is 9.55 Å². The molecule has 0 aliphatic heterocycles. The molecule has 0 saturated heterocycles. The van der Waals surface area contributed by atoms with Gasteiger partial charge in [0.05, 0.1) is 16.6 Å². The first-order valence-electron chi connectivity index (χ1n) is 11.4. The maximum Gasteiger partial charge on any atom is 0.265 e. The minimum absolute atomic E-state index is 0.0157. The molecule has 0 fully saturated rings. The van der Waals surface area contributed by atoms with Crippen LogP contribution in [-0.4, -0.2) is 9.55 Å². The molecular weight excluding hydrogens is 356 g/mol. The largest absolute Gasteiger partial charge is 0.268 e. The molecule has 0 N–H and O–H groups in total. The molecule has 0 amide bonds. The number of para-hydroxylation sites is 1. The molecule has 2 aromatic carbocycles. The van der Waals surface area contributed by atoms with Crippen LogP contribution in [0.4, 0.5) is 0 Å². The predicted octanol–water partition coefficient (Wildman–Crippen LogP) is 6.85. The summed E-state index contributed by atoms with van der Waals surface area (Å²) < 4.78 is 1.63. The Morgan fingerprint density at radius 2 is 1.38 bits per heavy atom. The van der Waals surface area contributed by atoms with Crippen molar-refractivity contribution >= 4 is 10.9 Å². The number of fused-ring (bicyclic) bond motifs is 1. The van der Waals surface area contributed by atoms with Gasteiger partial charge in [0, 0.05) is 0 Å². The van der Waals surface area contributed by atoms with Gasteiger partial charge in [0.15, 0.2) is 0 Å². The molecular formula is C26H34N2O. The lowest BCUT2D eigenvalue weighted by Gasteiger charge is -2.08. The Kier molecular flexibility index (Phi) is 8.48. The first-order chi connectivity index (χ1) is 14.3. The molecule has 3 rings (SSSR count). The van der Waals surface area contributed by atoms with Crippen molar-refractivity contribution in [3.05, 3.63) is 70.8 Å². The standard InChI is InChI=1S/C26H34N2O/c1-2-3-4-5-6-7-8-9-10-11-14-22-17-19-23(20-18-22)28-21-27-25-16-13-12-15-24(25)26(28)29/h12-13,15-21H,2-11,14H2,1H3. The average Bonchev–Trinajstić information content (AvgIpc) is 2.76. The summed E-state index contributed by atoms with van der Waals surface area (Å²) in [7, 11) is 0. The van der Waals surface area contributed by atoms with Crippen LogP contribution in [0.1, 0.15) is 76.7 Å². The highest BCUT2D eigenvalue weighted by atomic mass is 16.1. The molecule has 0 radical (unpaired) electrons. The highest BCUT2D eigenvalue weighted by molar-refractivity contribution is 5.77. The molecule has 3 aromatic rings. The van der Waals surface area contributed by atoms with Crippen molar-refractivity contribution in [3.8, 4) is 5.69 Å². The first kappa shape index (κ1) is 21.3. The Balaban J connectivity index is 1.43. The van der Waals surface area contributed by atoms with Crippen LogP contribution in [0.3, 0.4) is 0 Å². The fourth-order valence-corrected chi connectivity index (χ4v) is 3.89. The van der Waals surface area contributed by atoms with Gasteiger partial charge < -0.3 is 0 Å². The van der Waals surface area contributed by atoms with Gasteiger partial charge in [0.1, 0.15) is 6.33 Å². The number of hydrogen-bond donors (Lipinski definition) is 0. The smallest absolute Gasteiger partial charge is 0.265 e. The topological polar surface area (TPSA) is 34.9 Å². The van der Waals surface area contributed by atoms with Gasteiger partial charge in [0.25, 0.3) is 5.56 Å². The van der Waals surface area contributed by atoms with E-state index in [1.165, 1.54) is 69.8 Å². The van der Waals surface area contributed by atoms with Gasteiger partial charge in [-0.05, 0) is 42.7 Å². The van der Waals surface area contributed by atoms with Crippen molar-refractivity contribution in [2.24, 2.45) is 0 Å². The van der Waals surface area contributed by atoms with E-state index in [4.69, 9.17) is 0 Å². The number of benzene rings is 2. The van der Waals surface area contributed by atoms with Gasteiger partial charge >= 0.3 is 0 Å². The van der Waals surface area contributed by atoms with Gasteiger partial charge in [-0.2, -0.15) is 0 Å². The van der Waals surface area contributed by atoms with Crippen molar-refractivity contribution < 1.29 is 0 Å². The summed E-state index contributed by atoms with van der Waals surface area (Å²) in [6, 6.07) is 15.8. The highest BCUT2D eigenvalue weighted by Crippen LogP contribution is 2.14. The molecule has 0 bridgehead atoms. The summed E-state index contributed by atoms with van der Waals surface area (Å²) in [4.78, 5) is 17.1. The van der Waals surface area contributed by atoms with Crippen LogP contribution in [-0.2, 0) is 6.42 Å². The predicted molar refractivity (Wildman–Crippen MR) is 123 cm³/mol. The van der Waals surface area contributed by atoms with Crippen molar-refractivity contribution in [3.63, 3.8) is 0 Å². The number of rotatable bonds is 12. The van der Waals surface area contributed by atoms with E-state index in [-0.39, 0.29) is 5.56 Å². The molecule has 3 heteroatoms. The van der Waals surface area contributed by atoms with Crippen LogP contribution in [0.5, 0.6) is 0 Å². The van der Waals surface area contributed by atoms with Crippen LogP contribution < -0.4 is 5.56 Å². The third kappa shape index (κ3) is 6.28. The number of nitrogens with zero attached hydrogens (tertiary/aromatic N) is 2. The summed E-state index contributed by atoms with van der Waals surface area (Å²) in [5.41, 5.74) is 2.94. The highest BCUT2D eigenvalue weighted by Gasteiger charge is 2.05. The maximum atomic E-state index is 12.7. The van der Waals surface area contributed by atoms with E-state index in [0.29, 0.717) is 5.39 Å². The Hall–Kier alpha value is -2.42. The van der Waals surface area contributed by atoms with Crippen molar-refractivity contribution in [2.75, 3.05) is 0 Å². The minimum atomic E-state index is -0.0157. The molecule has 0 atom stereocenters. The SMILES string of the molecule is CCCCCCCCCCCCc1ccc(-n2cnc3ccccc3c2=O)cc1. The molecule has 3 nitrogen and oxygen atoms in total. The third-order valence-corrected chi connectivity index (χ3v) is 5.70. The van der Waals surface area contributed by atoms with Crippen LogP contribution in [0, 0.1) is 0 Å². The zero-order chi connectivity index (χ0) is 20.3. The Bertz CT molecular complexity index is 927. The lowest BCUT2D eigenvalue weighted by molar-refractivity contribution is 0.556. The summed E-state index contributed by atoms with van der Waals surface area (Å²) in [6.45, 7) is 2.27. The fourth-order valence-electron chi connectivity index (χ4n) is 3.89. The summed E-state index contributed by atoms with van der Waals surface area (Å²) in [5.74, 6) is 0. The van der Waals surface area contributed by atoms with E-state index >= 15 is 0 Å². The molecule has 0 unspecified atom stereocenters. The number of unbranched alkanes of at least 4 members (excludes halogenated alkanes) is 9. The van der Waals surface area contributed by atoms with Crippen molar-refractivity contribution in [2.45, 2.75) is 77.6 Å². The summed E-state index contributed by atoms with van der Waals surface area (Å²) in [5, 5.41) is 0.657. The number of aromatic nitrogens is 2. The zero-order valence-electron chi connectivity index (χ0n) is 17.8. The van der Waals surface area contributed by atoms with Crippen molar-refractivity contribution in [1.29, 1.82) is 0 Å². The molecule has 1 heterocycles. The van der Waals surface area contributed by atoms with Crippen LogP contribution >= 0.6 is 0 Å². The number of aryl methyl sites for hydroxylation is 1. The first-order valence-corrected chi connectivity index (χ1v) is 11.4. The molecule has 0 aliphatic rings. The maximum absolute atomic E-state index is 12.7. The Morgan fingerprint density at radius 1 is 0.759 bits per heavy atom. The molecule has 154 valence electrons. The van der Waals surface area contributed by atoms with Gasteiger partial charge in [-0.1, -0.05) is 89.0 Å². The third-order valence-electron chi connectivity index (χ3n) is 5.70. The molecule has 0 spiro atoms. The lowest BCUT2D eigenvalue weighted by Crippen LogP contribution is -2.18. The molecule has 1 aromatic heterocycles. The van der Waals surface area contributed by atoms with E-state index in [2.05, 4.69) is 24.0 Å². The molecule has 0 aliphatic carbocycles. The van der Waals surface area contributed by atoms with Gasteiger partial charge in [0.2, 0.25) is 0 Å². The van der Waals surface area contributed by atoms with Crippen LogP contribution in [0.2, 0.25) is 0 Å². The van der Waals surface area contributed by atoms with Crippen LogP contribution in [0.15, 0.2) is 59.7 Å². The molecule has 0 saturated carbocycles. The van der Waals surface area contributed by atoms with E-state index in [1.807, 2.05) is 36.4 Å². The minimum Gasteiger partial charge on any atom is -0.268 e.